The molecule has 9 heteroatoms. The normalized spacial score (nSPS) is 13.7. The summed E-state index contributed by atoms with van der Waals surface area (Å²) in [6.07, 6.45) is 13.3. The number of halogens is 1. The summed E-state index contributed by atoms with van der Waals surface area (Å²) in [7, 11) is 0. The lowest BCUT2D eigenvalue weighted by molar-refractivity contribution is 0.101. The number of imidazole rings is 1. The van der Waals surface area contributed by atoms with E-state index in [2.05, 4.69) is 24.8 Å². The van der Waals surface area contributed by atoms with Crippen molar-refractivity contribution < 1.29 is 9.18 Å². The van der Waals surface area contributed by atoms with E-state index in [4.69, 9.17) is 0 Å². The van der Waals surface area contributed by atoms with Crippen LogP contribution in [0.3, 0.4) is 0 Å². The smallest absolute Gasteiger partial charge is 0.274 e. The maximum Gasteiger partial charge on any atom is 0.274 e. The Kier molecular flexibility index (Phi) is 5.17. The van der Waals surface area contributed by atoms with Crippen molar-refractivity contribution >= 4 is 34.5 Å². The van der Waals surface area contributed by atoms with E-state index in [0.717, 1.165) is 17.0 Å². The summed E-state index contributed by atoms with van der Waals surface area (Å²) in [6.45, 7) is 0.370. The zero-order chi connectivity index (χ0) is 21.2. The number of hydrogen-bond acceptors (Lipinski definition) is 5. The van der Waals surface area contributed by atoms with Crippen molar-refractivity contribution in [1.82, 2.24) is 24.1 Å². The van der Waals surface area contributed by atoms with Crippen molar-refractivity contribution in [3.63, 3.8) is 0 Å². The Labute approximate surface area is 181 Å². The summed E-state index contributed by atoms with van der Waals surface area (Å²) in [5, 5.41) is 5.22. The molecule has 0 unspecified atom stereocenters. The van der Waals surface area contributed by atoms with Crippen LogP contribution in [0.25, 0.3) is 12.2 Å². The third-order valence-electron chi connectivity index (χ3n) is 4.96. The van der Waals surface area contributed by atoms with Crippen molar-refractivity contribution in [1.29, 1.82) is 0 Å². The minimum Gasteiger partial charge on any atom is -0.339 e. The number of pyridine rings is 1. The lowest BCUT2D eigenvalue weighted by Gasteiger charge is -2.09. The fourth-order valence-electron chi connectivity index (χ4n) is 3.26. The van der Waals surface area contributed by atoms with Gasteiger partial charge in [0.1, 0.15) is 5.69 Å². The first-order valence-corrected chi connectivity index (χ1v) is 10.8. The van der Waals surface area contributed by atoms with E-state index >= 15 is 0 Å². The van der Waals surface area contributed by atoms with Crippen LogP contribution in [0.5, 0.6) is 0 Å². The fourth-order valence-corrected chi connectivity index (χ4v) is 3.93. The molecule has 1 amide bonds. The molecule has 0 spiro atoms. The van der Waals surface area contributed by atoms with Crippen LogP contribution in [0, 0.1) is 5.95 Å². The van der Waals surface area contributed by atoms with Crippen molar-refractivity contribution in [2.45, 2.75) is 25.4 Å². The van der Waals surface area contributed by atoms with Crippen LogP contribution >= 0.6 is 11.3 Å². The standard InChI is InChI=1S/C22H19FN6OS/c23-20-10-15(7-8-24-20)11-28-9-1-2-19(28)21(30)27-22-26-17(13-31-22)4-3-16-12-29(14-25-16)18-5-6-18/h1-4,7-10,12-14,18H,5-6,11H2,(H,26,27,30). The molecule has 1 aliphatic rings. The number of rotatable bonds is 7. The van der Waals surface area contributed by atoms with Gasteiger partial charge in [0.25, 0.3) is 5.91 Å². The highest BCUT2D eigenvalue weighted by atomic mass is 32.1. The molecule has 1 saturated carbocycles. The van der Waals surface area contributed by atoms with E-state index in [1.807, 2.05) is 30.1 Å². The lowest BCUT2D eigenvalue weighted by Crippen LogP contribution is -2.17. The Morgan fingerprint density at radius 1 is 1.26 bits per heavy atom. The van der Waals surface area contributed by atoms with Gasteiger partial charge < -0.3 is 9.13 Å². The molecule has 0 aromatic carbocycles. The summed E-state index contributed by atoms with van der Waals surface area (Å²) in [6, 6.07) is 7.18. The Balaban J connectivity index is 1.23. The number of thiazole rings is 1. The molecule has 1 aliphatic carbocycles. The maximum atomic E-state index is 13.3. The van der Waals surface area contributed by atoms with Crippen LogP contribution in [-0.2, 0) is 6.54 Å². The molecule has 0 aliphatic heterocycles. The minimum absolute atomic E-state index is 0.271. The number of hydrogen-bond donors (Lipinski definition) is 1. The first kappa shape index (κ1) is 19.4. The van der Waals surface area contributed by atoms with Gasteiger partial charge in [-0.05, 0) is 54.8 Å². The minimum atomic E-state index is -0.543. The SMILES string of the molecule is O=C(Nc1nc(C=Cc2cn(C3CC3)cn2)cs1)c1cccn1Cc1ccnc(F)c1. The van der Waals surface area contributed by atoms with Crippen LogP contribution < -0.4 is 5.32 Å². The van der Waals surface area contributed by atoms with Gasteiger partial charge in [0.05, 0.1) is 17.7 Å². The molecule has 156 valence electrons. The van der Waals surface area contributed by atoms with Crippen LogP contribution in [0.2, 0.25) is 0 Å². The van der Waals surface area contributed by atoms with Crippen molar-refractivity contribution in [3.8, 4) is 0 Å². The van der Waals surface area contributed by atoms with Gasteiger partial charge >= 0.3 is 0 Å². The van der Waals surface area contributed by atoms with Crippen LogP contribution in [0.15, 0.2) is 54.6 Å². The van der Waals surface area contributed by atoms with E-state index in [1.165, 1.54) is 36.4 Å². The zero-order valence-electron chi connectivity index (χ0n) is 16.5. The molecule has 4 aromatic rings. The summed E-state index contributed by atoms with van der Waals surface area (Å²) in [5.41, 5.74) is 2.83. The quantitative estimate of drug-likeness (QED) is 0.435. The average Bonchev–Trinajstić information content (AvgIpc) is 3.14. The topological polar surface area (TPSA) is 77.6 Å². The molecular weight excluding hydrogens is 415 g/mol. The Bertz CT molecular complexity index is 1250. The van der Waals surface area contributed by atoms with Gasteiger partial charge in [-0.2, -0.15) is 4.39 Å². The predicted octanol–water partition coefficient (Wildman–Crippen LogP) is 4.48. The largest absolute Gasteiger partial charge is 0.339 e. The number of carbonyl (C=O) groups excluding carboxylic acids is 1. The number of nitrogens with zero attached hydrogens (tertiary/aromatic N) is 5. The Hall–Kier alpha value is -3.59. The van der Waals surface area contributed by atoms with E-state index in [1.54, 1.807) is 29.0 Å². The molecule has 7 nitrogen and oxygen atoms in total. The summed E-state index contributed by atoms with van der Waals surface area (Å²) < 4.78 is 17.2. The number of carbonyl (C=O) groups is 1. The first-order valence-electron chi connectivity index (χ1n) is 9.88. The second kappa shape index (κ2) is 8.27. The molecule has 1 N–H and O–H groups in total. The van der Waals surface area contributed by atoms with Crippen LogP contribution in [0.1, 0.15) is 46.3 Å². The van der Waals surface area contributed by atoms with Gasteiger partial charge in [-0.15, -0.1) is 11.3 Å². The Morgan fingerprint density at radius 2 is 2.13 bits per heavy atom. The van der Waals surface area contributed by atoms with Crippen molar-refractivity contribution in [2.24, 2.45) is 0 Å². The molecule has 4 heterocycles. The maximum absolute atomic E-state index is 13.3. The van der Waals surface area contributed by atoms with Crippen LogP contribution in [0.4, 0.5) is 9.52 Å². The lowest BCUT2D eigenvalue weighted by atomic mass is 10.2. The van der Waals surface area contributed by atoms with Gasteiger partial charge in [-0.25, -0.2) is 15.0 Å². The molecule has 0 atom stereocenters. The summed E-state index contributed by atoms with van der Waals surface area (Å²) in [4.78, 5) is 25.1. The zero-order valence-corrected chi connectivity index (χ0v) is 17.3. The van der Waals surface area contributed by atoms with Gasteiger partial charge in [-0.3, -0.25) is 10.1 Å². The molecular formula is C22H19FN6OS. The van der Waals surface area contributed by atoms with E-state index in [9.17, 15) is 9.18 Å². The van der Waals surface area contributed by atoms with E-state index < -0.39 is 5.95 Å². The first-order chi connectivity index (χ1) is 15.1. The molecule has 31 heavy (non-hydrogen) atoms. The summed E-state index contributed by atoms with van der Waals surface area (Å²) >= 11 is 1.36. The third kappa shape index (κ3) is 4.61. The second-order valence-electron chi connectivity index (χ2n) is 7.35. The predicted molar refractivity (Wildman–Crippen MR) is 117 cm³/mol. The molecule has 5 rings (SSSR count). The molecule has 0 saturated heterocycles. The van der Waals surface area contributed by atoms with Gasteiger partial charge in [-0.1, -0.05) is 0 Å². The fraction of sp³-hybridized carbons (Fsp3) is 0.182. The number of aromatic nitrogens is 5. The number of amides is 1. The molecule has 1 fully saturated rings. The number of nitrogens with one attached hydrogen (secondary N) is 1. The highest BCUT2D eigenvalue weighted by Gasteiger charge is 2.23. The third-order valence-corrected chi connectivity index (χ3v) is 5.74. The molecule has 4 aromatic heterocycles. The highest BCUT2D eigenvalue weighted by Crippen LogP contribution is 2.34. The molecule has 0 bridgehead atoms. The van der Waals surface area contributed by atoms with Gasteiger partial charge in [0, 0.05) is 36.6 Å². The van der Waals surface area contributed by atoms with Crippen molar-refractivity contribution in [3.05, 3.63) is 83.2 Å². The molecule has 0 radical (unpaired) electrons. The second-order valence-corrected chi connectivity index (χ2v) is 8.21. The highest BCUT2D eigenvalue weighted by molar-refractivity contribution is 7.14. The van der Waals surface area contributed by atoms with E-state index in [-0.39, 0.29) is 5.91 Å². The summed E-state index contributed by atoms with van der Waals surface area (Å²) in [5.74, 6) is -0.814. The van der Waals surface area contributed by atoms with Crippen molar-refractivity contribution in [2.75, 3.05) is 5.32 Å². The van der Waals surface area contributed by atoms with Gasteiger partial charge in [0.2, 0.25) is 5.95 Å². The number of anilines is 1. The Morgan fingerprint density at radius 3 is 2.97 bits per heavy atom. The van der Waals surface area contributed by atoms with Gasteiger partial charge in [0.15, 0.2) is 5.13 Å². The average molecular weight is 435 g/mol. The van der Waals surface area contributed by atoms with E-state index in [0.29, 0.717) is 23.4 Å². The monoisotopic (exact) mass is 434 g/mol. The van der Waals surface area contributed by atoms with Crippen LogP contribution in [-0.4, -0.2) is 30.0 Å².